The summed E-state index contributed by atoms with van der Waals surface area (Å²) in [4.78, 5) is 0. The van der Waals surface area contributed by atoms with E-state index in [1.807, 2.05) is 0 Å². The van der Waals surface area contributed by atoms with Crippen molar-refractivity contribution in [2.75, 3.05) is 0 Å². The molecule has 0 amide bonds. The summed E-state index contributed by atoms with van der Waals surface area (Å²) in [5.41, 5.74) is -4.90. The Kier molecular flexibility index (Phi) is 2.19. The first-order valence-corrected chi connectivity index (χ1v) is 12.7. The topological polar surface area (TPSA) is 13.1 Å². The first kappa shape index (κ1) is 9.97. The molecule has 1 heterocycles. The van der Waals surface area contributed by atoms with Crippen LogP contribution in [0.3, 0.4) is 0 Å². The Hall–Kier alpha value is -5.66. The summed E-state index contributed by atoms with van der Waals surface area (Å²) < 4.78 is 229. The second-order valence-electron chi connectivity index (χ2n) is 9.34. The molecule has 0 saturated heterocycles. The van der Waals surface area contributed by atoms with Crippen LogP contribution in [0.1, 0.15) is 34.3 Å². The quantitative estimate of drug-likeness (QED) is 0.192. The molecule has 1 nitrogen and oxygen atoms in total. The Bertz CT molecular complexity index is 3830. The molecule has 0 unspecified atom stereocenters. The van der Waals surface area contributed by atoms with Crippen LogP contribution in [0.5, 0.6) is 0 Å². The maximum Gasteiger partial charge on any atom is 0.135 e. The van der Waals surface area contributed by atoms with E-state index < -0.39 is 228 Å². The van der Waals surface area contributed by atoms with Crippen molar-refractivity contribution in [2.24, 2.45) is 0 Å². The first-order chi connectivity index (χ1) is 31.7. The van der Waals surface area contributed by atoms with Gasteiger partial charge in [0.2, 0.25) is 0 Å². The minimum Gasteiger partial charge on any atom is -0.456 e. The molecule has 8 aromatic carbocycles. The number of benzene rings is 8. The average Bonchev–Trinajstić information content (AvgIpc) is 3.72. The van der Waals surface area contributed by atoms with Gasteiger partial charge in [-0.2, -0.15) is 0 Å². The van der Waals surface area contributed by atoms with Crippen LogP contribution in [-0.4, -0.2) is 0 Å². The monoisotopic (exact) mass is 571 g/mol. The number of furan rings is 1. The smallest absolute Gasteiger partial charge is 0.135 e. The highest BCUT2D eigenvalue weighted by Gasteiger charge is 2.17. The number of fused-ring (bicyclic) bond motifs is 6. The van der Waals surface area contributed by atoms with E-state index in [0.29, 0.717) is 0 Å². The van der Waals surface area contributed by atoms with Crippen LogP contribution in [0.15, 0.2) is 162 Å². The van der Waals surface area contributed by atoms with Crippen LogP contribution in [0.4, 0.5) is 0 Å². The van der Waals surface area contributed by atoms with E-state index >= 15 is 0 Å². The maximum absolute atomic E-state index is 9.75. The Labute approximate surface area is 284 Å². The molecule has 0 atom stereocenters. The third-order valence-electron chi connectivity index (χ3n) is 6.95. The highest BCUT2D eigenvalue weighted by molar-refractivity contribution is 6.22. The molecule has 1 heteroatoms. The lowest BCUT2D eigenvalue weighted by molar-refractivity contribution is 0.669. The lowest BCUT2D eigenvalue weighted by atomic mass is 9.85. The van der Waals surface area contributed by atoms with E-state index in [4.69, 9.17) is 26.3 Å². The van der Waals surface area contributed by atoms with Crippen LogP contribution in [-0.2, 0) is 0 Å². The van der Waals surface area contributed by atoms with Crippen molar-refractivity contribution in [3.05, 3.63) is 157 Å². The van der Waals surface area contributed by atoms with Gasteiger partial charge >= 0.3 is 0 Å². The molecule has 0 aliphatic heterocycles. The molecule has 0 N–H and O–H groups in total. The van der Waals surface area contributed by atoms with Gasteiger partial charge in [-0.15, -0.1) is 0 Å². The molecule has 9 rings (SSSR count). The molecule has 43 heavy (non-hydrogen) atoms. The van der Waals surface area contributed by atoms with Crippen molar-refractivity contribution in [3.63, 3.8) is 0 Å². The van der Waals surface area contributed by atoms with Gasteiger partial charge in [0.1, 0.15) is 11.2 Å². The van der Waals surface area contributed by atoms with E-state index in [9.17, 15) is 12.3 Å². The minimum absolute atomic E-state index is 0.345. The number of hydrogen-bond donors (Lipinski definition) is 0. The summed E-state index contributed by atoms with van der Waals surface area (Å²) >= 11 is 0. The lowest BCUT2D eigenvalue weighted by Gasteiger charge is -2.18. The number of rotatable bonds is 3. The highest BCUT2D eigenvalue weighted by Crippen LogP contribution is 2.44. The molecule has 0 spiro atoms. The fourth-order valence-electron chi connectivity index (χ4n) is 5.11. The van der Waals surface area contributed by atoms with E-state index in [2.05, 4.69) is 0 Å². The van der Waals surface area contributed by atoms with E-state index in [-0.39, 0.29) is 10.8 Å². The first-order valence-electron chi connectivity index (χ1n) is 25.2. The zero-order chi connectivity index (χ0) is 50.1. The van der Waals surface area contributed by atoms with Crippen molar-refractivity contribution >= 4 is 54.3 Å². The maximum atomic E-state index is 9.75. The molecule has 0 aliphatic carbocycles. The van der Waals surface area contributed by atoms with Gasteiger partial charge < -0.3 is 4.42 Å². The van der Waals surface area contributed by atoms with E-state index in [1.165, 1.54) is 0 Å². The third kappa shape index (κ3) is 3.79. The Balaban J connectivity index is 1.56. The Morgan fingerprint density at radius 2 is 0.907 bits per heavy atom. The van der Waals surface area contributed by atoms with E-state index in [0.717, 1.165) is 6.07 Å². The van der Waals surface area contributed by atoms with Crippen LogP contribution >= 0.6 is 0 Å². The molecule has 9 aromatic rings. The van der Waals surface area contributed by atoms with Crippen LogP contribution in [0.25, 0.3) is 87.6 Å². The van der Waals surface area contributed by atoms with Crippen LogP contribution in [0, 0.1) is 0 Å². The molecular weight excluding hydrogens is 520 g/mol. The minimum atomic E-state index is -0.955. The predicted octanol–water partition coefficient (Wildman–Crippen LogP) is 12.0. The van der Waals surface area contributed by atoms with Crippen molar-refractivity contribution < 1.29 is 38.7 Å². The van der Waals surface area contributed by atoms with Gasteiger partial charge in [-0.05, 0) is 95.9 Å². The fraction of sp³-hybridized carbons (Fsp3) is 0. The van der Waals surface area contributed by atoms with Gasteiger partial charge in [-0.3, -0.25) is 0 Å². The van der Waals surface area contributed by atoms with Crippen molar-refractivity contribution in [1.82, 2.24) is 0 Å². The van der Waals surface area contributed by atoms with Gasteiger partial charge in [0.15, 0.2) is 0 Å². The Morgan fingerprint density at radius 1 is 0.349 bits per heavy atom. The van der Waals surface area contributed by atoms with Crippen LogP contribution in [0.2, 0.25) is 0 Å². The molecule has 0 aliphatic rings. The van der Waals surface area contributed by atoms with Gasteiger partial charge in [0, 0.05) is 10.8 Å². The SMILES string of the molecule is [2H]c1cc(-c2c([2H])c([2H])c3oc4c([2H])c([2H])c([2H])c([2H])c4c3c2[2H])c([2H])c(-c2c3c([2H])c([2H])c([2H])c([2H])c3c(-c3c([2H])c([2H])c4c([2H])c([2H])c([2H])c([2H])c4c3[2H])c3c([2H])c([2H])c([2H])c([2H])c23)c1[2H]. The Morgan fingerprint density at radius 3 is 1.63 bits per heavy atom. The second kappa shape index (κ2) is 9.44. The van der Waals surface area contributed by atoms with Gasteiger partial charge in [-0.1, -0.05) is 127 Å². The normalized spacial score (nSPS) is 19.9. The summed E-state index contributed by atoms with van der Waals surface area (Å²) in [5.74, 6) is 0. The zero-order valence-electron chi connectivity index (χ0n) is 46.5. The fourth-order valence-corrected chi connectivity index (χ4v) is 5.11. The third-order valence-corrected chi connectivity index (χ3v) is 6.95. The molecule has 0 radical (unpaired) electrons. The second-order valence-corrected chi connectivity index (χ2v) is 9.34. The highest BCUT2D eigenvalue weighted by atomic mass is 16.3. The molecule has 0 bridgehead atoms. The van der Waals surface area contributed by atoms with E-state index in [1.54, 1.807) is 0 Å². The molecule has 0 fully saturated rings. The summed E-state index contributed by atoms with van der Waals surface area (Å²) in [6, 6.07) is -20.2. The molecular formula is C42H26O. The van der Waals surface area contributed by atoms with Gasteiger partial charge in [0.05, 0.1) is 34.3 Å². The standard InChI is InChI=1S/C42H26O/c1-2-11-28-24-32(21-20-27(28)10-1)42-36-17-5-3-15-34(36)41(35-16-4-6-18-37(35)42)31-13-9-12-29(25-31)30-22-23-40-38(26-30)33-14-7-8-19-39(33)43-40/h1-26H/i1D,2D,3D,4D,5D,6D,7D,8D,9D,10D,11D,13D,14D,15D,16D,17D,18D,19D,20D,21D,22D,23D,24D,25D,26D. The van der Waals surface area contributed by atoms with Gasteiger partial charge in [-0.25, -0.2) is 0 Å². The number of para-hydroxylation sites is 1. The van der Waals surface area contributed by atoms with Crippen molar-refractivity contribution in [1.29, 1.82) is 0 Å². The molecule has 1 aromatic heterocycles. The van der Waals surface area contributed by atoms with Crippen molar-refractivity contribution in [3.8, 4) is 33.4 Å². The summed E-state index contributed by atoms with van der Waals surface area (Å²) in [6.07, 6.45) is 0. The molecule has 200 valence electrons. The average molecular weight is 572 g/mol. The molecule has 0 saturated carbocycles. The summed E-state index contributed by atoms with van der Waals surface area (Å²) in [6.45, 7) is 0. The largest absolute Gasteiger partial charge is 0.456 e. The van der Waals surface area contributed by atoms with Crippen molar-refractivity contribution in [2.45, 2.75) is 0 Å². The lowest BCUT2D eigenvalue weighted by Crippen LogP contribution is -1.91. The summed E-state index contributed by atoms with van der Waals surface area (Å²) in [7, 11) is 0. The van der Waals surface area contributed by atoms with Crippen LogP contribution < -0.4 is 0 Å². The van der Waals surface area contributed by atoms with Gasteiger partial charge in [0.25, 0.3) is 0 Å². The predicted molar refractivity (Wildman–Crippen MR) is 183 cm³/mol. The number of hydrogen-bond acceptors (Lipinski definition) is 1. The summed E-state index contributed by atoms with van der Waals surface area (Å²) in [5, 5.41) is -4.61. The zero-order valence-corrected chi connectivity index (χ0v) is 21.5.